The molecule has 5 nitrogen and oxygen atoms in total. The Hall–Kier alpha value is -3.07. The van der Waals surface area contributed by atoms with Crippen molar-refractivity contribution in [2.45, 2.75) is 6.61 Å². The molecule has 0 aliphatic rings. The molecule has 21 heavy (non-hydrogen) atoms. The highest BCUT2D eigenvalue weighted by atomic mass is 19.1. The average Bonchev–Trinajstić information content (AvgIpc) is 2.87. The Morgan fingerprint density at radius 3 is 3.00 bits per heavy atom. The summed E-state index contributed by atoms with van der Waals surface area (Å²) < 4.78 is 24.3. The molecule has 104 valence electrons. The summed E-state index contributed by atoms with van der Waals surface area (Å²) >= 11 is 0. The second kappa shape index (κ2) is 5.13. The Bertz CT molecular complexity index is 852. The van der Waals surface area contributed by atoms with Crippen molar-refractivity contribution in [2.75, 3.05) is 5.73 Å². The first-order chi connectivity index (χ1) is 10.2. The second-order valence-corrected chi connectivity index (χ2v) is 4.35. The van der Waals surface area contributed by atoms with Gasteiger partial charge in [0.05, 0.1) is 0 Å². The van der Waals surface area contributed by atoms with Crippen LogP contribution in [0.1, 0.15) is 11.5 Å². The maximum atomic E-state index is 13.4. The number of benzene rings is 2. The molecule has 1 aromatic heterocycles. The number of nitriles is 1. The van der Waals surface area contributed by atoms with Crippen LogP contribution in [0.4, 0.5) is 10.1 Å². The van der Waals surface area contributed by atoms with E-state index in [0.717, 1.165) is 0 Å². The van der Waals surface area contributed by atoms with Crippen LogP contribution in [0.2, 0.25) is 0 Å². The molecule has 0 amide bonds. The van der Waals surface area contributed by atoms with Crippen LogP contribution in [0.15, 0.2) is 40.8 Å². The van der Waals surface area contributed by atoms with Gasteiger partial charge in [0.15, 0.2) is 12.2 Å². The van der Waals surface area contributed by atoms with Crippen LogP contribution in [0.25, 0.3) is 11.1 Å². The van der Waals surface area contributed by atoms with Gasteiger partial charge in [-0.1, -0.05) is 6.07 Å². The number of hydrogen-bond acceptors (Lipinski definition) is 5. The molecule has 3 aromatic rings. The van der Waals surface area contributed by atoms with Gasteiger partial charge < -0.3 is 14.9 Å². The van der Waals surface area contributed by atoms with Gasteiger partial charge in [-0.3, -0.25) is 0 Å². The largest absolute Gasteiger partial charge is 0.482 e. The standard InChI is InChI=1S/C15H10FN3O2/c16-11-2-1-3-13(10(11)7-17)20-8-15-19-12-6-9(18)4-5-14(12)21-15/h1-6H,8,18H2. The molecule has 6 heteroatoms. The van der Waals surface area contributed by atoms with E-state index < -0.39 is 5.82 Å². The van der Waals surface area contributed by atoms with Crippen molar-refractivity contribution in [1.82, 2.24) is 4.98 Å². The van der Waals surface area contributed by atoms with E-state index >= 15 is 0 Å². The van der Waals surface area contributed by atoms with Crippen LogP contribution in [0.5, 0.6) is 5.75 Å². The molecule has 1 heterocycles. The number of hydrogen-bond donors (Lipinski definition) is 1. The van der Waals surface area contributed by atoms with Gasteiger partial charge in [0.1, 0.15) is 28.7 Å². The first-order valence-corrected chi connectivity index (χ1v) is 6.14. The maximum Gasteiger partial charge on any atom is 0.233 e. The Kier molecular flexibility index (Phi) is 3.16. The van der Waals surface area contributed by atoms with Crippen molar-refractivity contribution >= 4 is 16.8 Å². The molecule has 3 rings (SSSR count). The van der Waals surface area contributed by atoms with Crippen LogP contribution in [-0.2, 0) is 6.61 Å². The first kappa shape index (κ1) is 12.9. The minimum absolute atomic E-state index is 0.00722. The lowest BCUT2D eigenvalue weighted by Gasteiger charge is -2.05. The van der Waals surface area contributed by atoms with Gasteiger partial charge in [-0.05, 0) is 30.3 Å². The van der Waals surface area contributed by atoms with Crippen molar-refractivity contribution in [3.63, 3.8) is 0 Å². The number of nitrogens with zero attached hydrogens (tertiary/aromatic N) is 2. The van der Waals surface area contributed by atoms with Crippen LogP contribution in [0, 0.1) is 17.1 Å². The number of nitrogen functional groups attached to an aromatic ring is 1. The van der Waals surface area contributed by atoms with Crippen molar-refractivity contribution in [3.05, 3.63) is 53.7 Å². The number of rotatable bonds is 3. The fourth-order valence-corrected chi connectivity index (χ4v) is 1.93. The Morgan fingerprint density at radius 1 is 1.33 bits per heavy atom. The molecule has 2 N–H and O–H groups in total. The monoisotopic (exact) mass is 283 g/mol. The number of anilines is 1. The first-order valence-electron chi connectivity index (χ1n) is 6.14. The molecule has 0 radical (unpaired) electrons. The van der Waals surface area contributed by atoms with Crippen LogP contribution in [-0.4, -0.2) is 4.98 Å². The van der Waals surface area contributed by atoms with E-state index in [-0.39, 0.29) is 17.9 Å². The molecule has 0 fully saturated rings. The second-order valence-electron chi connectivity index (χ2n) is 4.35. The molecule has 0 bridgehead atoms. The normalized spacial score (nSPS) is 10.5. The summed E-state index contributed by atoms with van der Waals surface area (Å²) in [7, 11) is 0. The third-order valence-corrected chi connectivity index (χ3v) is 2.89. The highest BCUT2D eigenvalue weighted by Crippen LogP contribution is 2.23. The predicted octanol–water partition coefficient (Wildman–Crippen LogP) is 3.00. The molecule has 2 aromatic carbocycles. The van der Waals surface area contributed by atoms with E-state index in [1.807, 2.05) is 0 Å². The van der Waals surface area contributed by atoms with Crippen LogP contribution in [0.3, 0.4) is 0 Å². The third-order valence-electron chi connectivity index (χ3n) is 2.89. The molecule has 0 unspecified atom stereocenters. The van der Waals surface area contributed by atoms with E-state index in [4.69, 9.17) is 20.1 Å². The van der Waals surface area contributed by atoms with Gasteiger partial charge in [0.25, 0.3) is 0 Å². The number of aromatic nitrogens is 1. The fourth-order valence-electron chi connectivity index (χ4n) is 1.93. The highest BCUT2D eigenvalue weighted by Gasteiger charge is 2.11. The number of ether oxygens (including phenoxy) is 1. The Labute approximate surface area is 119 Å². The van der Waals surface area contributed by atoms with E-state index in [2.05, 4.69) is 4.98 Å². The topological polar surface area (TPSA) is 85.1 Å². The lowest BCUT2D eigenvalue weighted by molar-refractivity contribution is 0.265. The summed E-state index contributed by atoms with van der Waals surface area (Å²) in [6, 6.07) is 11.1. The van der Waals surface area contributed by atoms with Crippen molar-refractivity contribution < 1.29 is 13.5 Å². The van der Waals surface area contributed by atoms with Gasteiger partial charge in [-0.2, -0.15) is 5.26 Å². The molecular formula is C15H10FN3O2. The van der Waals surface area contributed by atoms with E-state index in [9.17, 15) is 4.39 Å². The summed E-state index contributed by atoms with van der Waals surface area (Å²) in [5, 5.41) is 8.92. The molecule has 0 spiro atoms. The molecule has 0 saturated carbocycles. The zero-order valence-corrected chi connectivity index (χ0v) is 10.8. The van der Waals surface area contributed by atoms with Crippen LogP contribution < -0.4 is 10.5 Å². The summed E-state index contributed by atoms with van der Waals surface area (Å²) in [5.41, 5.74) is 7.31. The molecular weight excluding hydrogens is 273 g/mol. The van der Waals surface area contributed by atoms with Gasteiger partial charge >= 0.3 is 0 Å². The zero-order valence-electron chi connectivity index (χ0n) is 10.8. The van der Waals surface area contributed by atoms with Crippen LogP contribution >= 0.6 is 0 Å². The van der Waals surface area contributed by atoms with Crippen molar-refractivity contribution in [2.24, 2.45) is 0 Å². The van der Waals surface area contributed by atoms with Gasteiger partial charge in [-0.25, -0.2) is 9.37 Å². The summed E-state index contributed by atoms with van der Waals surface area (Å²) in [6.07, 6.45) is 0. The summed E-state index contributed by atoms with van der Waals surface area (Å²) in [4.78, 5) is 4.22. The fraction of sp³-hybridized carbons (Fsp3) is 0.0667. The smallest absolute Gasteiger partial charge is 0.233 e. The van der Waals surface area contributed by atoms with Crippen molar-refractivity contribution in [3.8, 4) is 11.8 Å². The SMILES string of the molecule is N#Cc1c(F)cccc1OCc1nc2cc(N)ccc2o1. The zero-order chi connectivity index (χ0) is 14.8. The lowest BCUT2D eigenvalue weighted by atomic mass is 10.2. The predicted molar refractivity (Wildman–Crippen MR) is 73.9 cm³/mol. The van der Waals surface area contributed by atoms with Crippen molar-refractivity contribution in [1.29, 1.82) is 5.26 Å². The average molecular weight is 283 g/mol. The molecule has 0 atom stereocenters. The van der Waals surface area contributed by atoms with E-state index in [1.54, 1.807) is 24.3 Å². The number of nitrogens with two attached hydrogens (primary N) is 1. The van der Waals surface area contributed by atoms with E-state index in [0.29, 0.717) is 22.7 Å². The van der Waals surface area contributed by atoms with Gasteiger partial charge in [0.2, 0.25) is 5.89 Å². The summed E-state index contributed by atoms with van der Waals surface area (Å²) in [5.74, 6) is -0.150. The third kappa shape index (κ3) is 2.49. The molecule has 0 aliphatic carbocycles. The molecule has 0 saturated heterocycles. The number of oxazole rings is 1. The lowest BCUT2D eigenvalue weighted by Crippen LogP contribution is -1.98. The summed E-state index contributed by atoms with van der Waals surface area (Å²) in [6.45, 7) is -0.00722. The maximum absolute atomic E-state index is 13.4. The number of halogens is 1. The van der Waals surface area contributed by atoms with E-state index in [1.165, 1.54) is 18.2 Å². The minimum atomic E-state index is -0.625. The minimum Gasteiger partial charge on any atom is -0.482 e. The Morgan fingerprint density at radius 2 is 2.19 bits per heavy atom. The Balaban J connectivity index is 1.84. The number of fused-ring (bicyclic) bond motifs is 1. The quantitative estimate of drug-likeness (QED) is 0.747. The molecule has 0 aliphatic heterocycles. The highest BCUT2D eigenvalue weighted by molar-refractivity contribution is 5.76. The van der Waals surface area contributed by atoms with Gasteiger partial charge in [-0.15, -0.1) is 0 Å². The van der Waals surface area contributed by atoms with Gasteiger partial charge in [0, 0.05) is 5.69 Å².